The molecule has 6 heteroatoms. The van der Waals surface area contributed by atoms with E-state index in [4.69, 9.17) is 5.73 Å². The number of benzene rings is 1. The molecule has 0 saturated heterocycles. The minimum Gasteiger partial charge on any atom is -0.493 e. The second kappa shape index (κ2) is 4.79. The zero-order chi connectivity index (χ0) is 14.2. The van der Waals surface area contributed by atoms with Crippen LogP contribution in [0.25, 0.3) is 11.1 Å². The summed E-state index contributed by atoms with van der Waals surface area (Å²) in [5.41, 5.74) is 5.31. The minimum absolute atomic E-state index is 0.125. The molecule has 0 aliphatic heterocycles. The van der Waals surface area contributed by atoms with Crippen LogP contribution >= 0.6 is 15.9 Å². The molecule has 0 unspecified atom stereocenters. The summed E-state index contributed by atoms with van der Waals surface area (Å²) < 4.78 is 0.706. The van der Waals surface area contributed by atoms with Gasteiger partial charge in [-0.05, 0) is 19.9 Å². The maximum atomic E-state index is 12.1. The Bertz CT molecular complexity index is 674. The number of aromatic nitrogens is 2. The lowest BCUT2D eigenvalue weighted by Gasteiger charge is -2.18. The van der Waals surface area contributed by atoms with E-state index in [1.54, 1.807) is 32.0 Å². The highest BCUT2D eigenvalue weighted by Gasteiger charge is 2.22. The fourth-order valence-corrected chi connectivity index (χ4v) is 2.16. The van der Waals surface area contributed by atoms with Crippen LogP contribution in [0.4, 0.5) is 0 Å². The van der Waals surface area contributed by atoms with Gasteiger partial charge in [0.05, 0.1) is 5.54 Å². The van der Waals surface area contributed by atoms with E-state index in [2.05, 4.69) is 25.9 Å². The molecule has 2 aromatic rings. The summed E-state index contributed by atoms with van der Waals surface area (Å²) in [5, 5.41) is 10.0. The standard InChI is InChI=1S/C13H14BrN3O2/c1-13(2,15)12-16-10(18)9(11(19)17-12)7-5-3-4-6-8(7)14/h3-6H,15H2,1-2H3,(H2,16,17,18,19). The smallest absolute Gasteiger partial charge is 0.262 e. The van der Waals surface area contributed by atoms with Crippen LogP contribution in [-0.2, 0) is 5.54 Å². The fraction of sp³-hybridized carbons (Fsp3) is 0.231. The highest BCUT2D eigenvalue weighted by atomic mass is 79.9. The lowest BCUT2D eigenvalue weighted by atomic mass is 10.1. The van der Waals surface area contributed by atoms with Gasteiger partial charge in [-0.25, -0.2) is 0 Å². The second-order valence-corrected chi connectivity index (χ2v) is 5.67. The summed E-state index contributed by atoms with van der Waals surface area (Å²) in [7, 11) is 0. The first kappa shape index (κ1) is 13.8. The van der Waals surface area contributed by atoms with E-state index in [1.165, 1.54) is 0 Å². The van der Waals surface area contributed by atoms with Crippen molar-refractivity contribution in [1.82, 2.24) is 9.97 Å². The lowest BCUT2D eigenvalue weighted by Crippen LogP contribution is -2.33. The quantitative estimate of drug-likeness (QED) is 0.789. The number of nitrogens with two attached hydrogens (primary N) is 1. The Kier molecular flexibility index (Phi) is 3.47. The molecule has 0 spiro atoms. The van der Waals surface area contributed by atoms with Gasteiger partial charge in [0.1, 0.15) is 11.4 Å². The molecule has 1 heterocycles. The van der Waals surface area contributed by atoms with Gasteiger partial charge in [0.15, 0.2) is 0 Å². The third-order valence-electron chi connectivity index (χ3n) is 2.65. The predicted molar refractivity (Wildman–Crippen MR) is 76.9 cm³/mol. The zero-order valence-electron chi connectivity index (χ0n) is 10.6. The number of aromatic amines is 1. The molecular formula is C13H14BrN3O2. The Labute approximate surface area is 118 Å². The molecular weight excluding hydrogens is 310 g/mol. The lowest BCUT2D eigenvalue weighted by molar-refractivity contribution is 0.432. The largest absolute Gasteiger partial charge is 0.493 e. The monoisotopic (exact) mass is 323 g/mol. The van der Waals surface area contributed by atoms with Crippen molar-refractivity contribution in [2.24, 2.45) is 5.73 Å². The number of aromatic hydroxyl groups is 1. The van der Waals surface area contributed by atoms with Gasteiger partial charge >= 0.3 is 0 Å². The Morgan fingerprint density at radius 3 is 2.53 bits per heavy atom. The van der Waals surface area contributed by atoms with Gasteiger partial charge in [0.25, 0.3) is 5.56 Å². The summed E-state index contributed by atoms with van der Waals surface area (Å²) in [6.07, 6.45) is 0. The molecule has 100 valence electrons. The van der Waals surface area contributed by atoms with Crippen molar-refractivity contribution in [2.75, 3.05) is 0 Å². The number of halogens is 1. The van der Waals surface area contributed by atoms with E-state index in [0.29, 0.717) is 10.0 Å². The number of H-pyrrole nitrogens is 1. The van der Waals surface area contributed by atoms with Crippen molar-refractivity contribution in [1.29, 1.82) is 0 Å². The van der Waals surface area contributed by atoms with Crippen molar-refractivity contribution in [2.45, 2.75) is 19.4 Å². The van der Waals surface area contributed by atoms with Gasteiger partial charge in [-0.3, -0.25) is 4.79 Å². The molecule has 0 saturated carbocycles. The van der Waals surface area contributed by atoms with Gasteiger partial charge in [-0.15, -0.1) is 0 Å². The third-order valence-corrected chi connectivity index (χ3v) is 3.35. The molecule has 0 atom stereocenters. The van der Waals surface area contributed by atoms with E-state index >= 15 is 0 Å². The van der Waals surface area contributed by atoms with Gasteiger partial charge in [0, 0.05) is 10.0 Å². The Morgan fingerprint density at radius 2 is 2.00 bits per heavy atom. The number of hydrogen-bond acceptors (Lipinski definition) is 4. The molecule has 0 aliphatic rings. The van der Waals surface area contributed by atoms with Crippen molar-refractivity contribution >= 4 is 15.9 Å². The van der Waals surface area contributed by atoms with Crippen molar-refractivity contribution in [3.63, 3.8) is 0 Å². The van der Waals surface area contributed by atoms with Crippen LogP contribution < -0.4 is 11.3 Å². The van der Waals surface area contributed by atoms with Crippen LogP contribution in [0.2, 0.25) is 0 Å². The second-order valence-electron chi connectivity index (χ2n) is 4.81. The molecule has 0 bridgehead atoms. The number of hydrogen-bond donors (Lipinski definition) is 3. The molecule has 1 aromatic carbocycles. The van der Waals surface area contributed by atoms with E-state index in [1.807, 2.05) is 6.07 Å². The molecule has 1 aromatic heterocycles. The average molecular weight is 324 g/mol. The summed E-state index contributed by atoms with van der Waals surface area (Å²) in [4.78, 5) is 18.7. The number of rotatable bonds is 2. The van der Waals surface area contributed by atoms with Crippen molar-refractivity contribution in [3.05, 3.63) is 44.9 Å². The Hall–Kier alpha value is -1.66. The van der Waals surface area contributed by atoms with Crippen LogP contribution in [0.3, 0.4) is 0 Å². The van der Waals surface area contributed by atoms with Crippen LogP contribution in [0.1, 0.15) is 19.7 Å². The maximum Gasteiger partial charge on any atom is 0.262 e. The zero-order valence-corrected chi connectivity index (χ0v) is 12.2. The fourth-order valence-electron chi connectivity index (χ4n) is 1.67. The molecule has 0 aliphatic carbocycles. The highest BCUT2D eigenvalue weighted by Crippen LogP contribution is 2.30. The van der Waals surface area contributed by atoms with Gasteiger partial charge < -0.3 is 15.8 Å². The number of nitrogens with one attached hydrogen (secondary N) is 1. The topological polar surface area (TPSA) is 92.0 Å². The van der Waals surface area contributed by atoms with E-state index in [0.717, 1.165) is 0 Å². The SMILES string of the molecule is CC(C)(N)c1nc(O)c(-c2ccccc2Br)c(=O)[nH]1. The molecule has 0 amide bonds. The molecule has 0 fully saturated rings. The average Bonchev–Trinajstić information content (AvgIpc) is 2.29. The maximum absolute atomic E-state index is 12.1. The van der Waals surface area contributed by atoms with E-state index in [-0.39, 0.29) is 17.3 Å². The Balaban J connectivity index is 2.68. The highest BCUT2D eigenvalue weighted by molar-refractivity contribution is 9.10. The van der Waals surface area contributed by atoms with Gasteiger partial charge in [0.2, 0.25) is 5.88 Å². The summed E-state index contributed by atoms with van der Waals surface area (Å²) in [5.74, 6) is -0.0880. The van der Waals surface area contributed by atoms with Gasteiger partial charge in [-0.2, -0.15) is 4.98 Å². The van der Waals surface area contributed by atoms with Crippen molar-refractivity contribution in [3.8, 4) is 17.0 Å². The Morgan fingerprint density at radius 1 is 1.37 bits per heavy atom. The molecule has 0 radical (unpaired) electrons. The van der Waals surface area contributed by atoms with Crippen LogP contribution in [-0.4, -0.2) is 15.1 Å². The first-order valence-corrected chi connectivity index (χ1v) is 6.47. The number of nitrogens with zero attached hydrogens (tertiary/aromatic N) is 1. The summed E-state index contributed by atoms with van der Waals surface area (Å²) >= 11 is 3.34. The van der Waals surface area contributed by atoms with Gasteiger partial charge in [-0.1, -0.05) is 34.1 Å². The van der Waals surface area contributed by atoms with Crippen molar-refractivity contribution < 1.29 is 5.11 Å². The van der Waals surface area contributed by atoms with Crippen LogP contribution in [0.5, 0.6) is 5.88 Å². The third kappa shape index (κ3) is 2.69. The van der Waals surface area contributed by atoms with E-state index in [9.17, 15) is 9.90 Å². The normalized spacial score (nSPS) is 11.6. The summed E-state index contributed by atoms with van der Waals surface area (Å²) in [6, 6.07) is 7.11. The summed E-state index contributed by atoms with van der Waals surface area (Å²) in [6.45, 7) is 3.39. The molecule has 4 N–H and O–H groups in total. The first-order chi connectivity index (χ1) is 8.80. The van der Waals surface area contributed by atoms with E-state index < -0.39 is 11.1 Å². The minimum atomic E-state index is -0.830. The molecule has 2 rings (SSSR count). The molecule has 19 heavy (non-hydrogen) atoms. The van der Waals surface area contributed by atoms with Crippen LogP contribution in [0, 0.1) is 0 Å². The first-order valence-electron chi connectivity index (χ1n) is 5.68. The molecule has 5 nitrogen and oxygen atoms in total. The van der Waals surface area contributed by atoms with Crippen LogP contribution in [0.15, 0.2) is 33.5 Å². The predicted octanol–water partition coefficient (Wildman–Crippen LogP) is 2.10.